The number of rotatable bonds is 5. The predicted octanol–water partition coefficient (Wildman–Crippen LogP) is 5.22. The molecule has 1 fully saturated rings. The van der Waals surface area contributed by atoms with E-state index in [-0.39, 0.29) is 5.82 Å². The Hall–Kier alpha value is -1.71. The summed E-state index contributed by atoms with van der Waals surface area (Å²) < 4.78 is 13.1. The van der Waals surface area contributed by atoms with E-state index in [0.29, 0.717) is 12.0 Å². The standard InChI is InChI=1S/C24H31FN2/c1-18(21-7-9-23(25)10-8-21)15-26-13-11-20(12-14-26)16-27-17-22-5-3-4-6-24(22)19(27)2/h3-10,18-20H,11-17H2,1-2H3. The summed E-state index contributed by atoms with van der Waals surface area (Å²) in [5, 5.41) is 0. The molecule has 2 atom stereocenters. The fourth-order valence-corrected chi connectivity index (χ4v) is 4.83. The fraction of sp³-hybridized carbons (Fsp3) is 0.500. The molecular formula is C24H31FN2. The summed E-state index contributed by atoms with van der Waals surface area (Å²) in [4.78, 5) is 5.25. The molecule has 3 heteroatoms. The minimum absolute atomic E-state index is 0.148. The van der Waals surface area contributed by atoms with Gasteiger partial charge in [-0.1, -0.05) is 43.3 Å². The van der Waals surface area contributed by atoms with Crippen molar-refractivity contribution in [1.29, 1.82) is 0 Å². The molecule has 2 aromatic rings. The van der Waals surface area contributed by atoms with Gasteiger partial charge in [0.05, 0.1) is 0 Å². The lowest BCUT2D eigenvalue weighted by molar-refractivity contribution is 0.124. The van der Waals surface area contributed by atoms with E-state index in [4.69, 9.17) is 0 Å². The van der Waals surface area contributed by atoms with E-state index in [9.17, 15) is 4.39 Å². The summed E-state index contributed by atoms with van der Waals surface area (Å²) in [6.07, 6.45) is 2.57. The van der Waals surface area contributed by atoms with Gasteiger partial charge in [-0.3, -0.25) is 4.90 Å². The molecule has 0 aromatic heterocycles. The minimum atomic E-state index is -0.148. The maximum absolute atomic E-state index is 13.1. The molecule has 2 aliphatic heterocycles. The Labute approximate surface area is 163 Å². The molecule has 0 aliphatic carbocycles. The molecule has 4 rings (SSSR count). The molecule has 0 bridgehead atoms. The highest BCUT2D eigenvalue weighted by Crippen LogP contribution is 2.34. The summed E-state index contributed by atoms with van der Waals surface area (Å²) in [5.41, 5.74) is 4.26. The van der Waals surface area contributed by atoms with Crippen LogP contribution in [-0.2, 0) is 6.54 Å². The fourth-order valence-electron chi connectivity index (χ4n) is 4.83. The zero-order valence-corrected chi connectivity index (χ0v) is 16.6. The van der Waals surface area contributed by atoms with Gasteiger partial charge in [-0.2, -0.15) is 0 Å². The number of piperidine rings is 1. The third-order valence-electron chi connectivity index (χ3n) is 6.60. The Morgan fingerprint density at radius 1 is 1.04 bits per heavy atom. The number of likely N-dealkylation sites (tertiary alicyclic amines) is 1. The van der Waals surface area contributed by atoms with Crippen LogP contribution in [0.3, 0.4) is 0 Å². The molecule has 0 spiro atoms. The van der Waals surface area contributed by atoms with E-state index >= 15 is 0 Å². The molecule has 2 aliphatic rings. The molecule has 2 unspecified atom stereocenters. The molecule has 1 saturated heterocycles. The first-order valence-electron chi connectivity index (χ1n) is 10.4. The molecule has 2 nitrogen and oxygen atoms in total. The Morgan fingerprint density at radius 2 is 1.74 bits per heavy atom. The second kappa shape index (κ2) is 8.12. The quantitative estimate of drug-likeness (QED) is 0.716. The van der Waals surface area contributed by atoms with Gasteiger partial charge in [0, 0.05) is 25.7 Å². The van der Waals surface area contributed by atoms with Crippen LogP contribution < -0.4 is 0 Å². The van der Waals surface area contributed by atoms with Crippen molar-refractivity contribution < 1.29 is 4.39 Å². The lowest BCUT2D eigenvalue weighted by Gasteiger charge is -2.36. The van der Waals surface area contributed by atoms with Gasteiger partial charge in [0.2, 0.25) is 0 Å². The van der Waals surface area contributed by atoms with Crippen molar-refractivity contribution in [3.63, 3.8) is 0 Å². The number of hydrogen-bond donors (Lipinski definition) is 0. The molecule has 0 radical (unpaired) electrons. The number of benzene rings is 2. The van der Waals surface area contributed by atoms with E-state index in [1.165, 1.54) is 49.2 Å². The van der Waals surface area contributed by atoms with Crippen molar-refractivity contribution in [3.8, 4) is 0 Å². The van der Waals surface area contributed by atoms with Gasteiger partial charge in [-0.15, -0.1) is 0 Å². The summed E-state index contributed by atoms with van der Waals surface area (Å²) in [5.74, 6) is 1.11. The zero-order valence-electron chi connectivity index (χ0n) is 16.6. The Kier molecular flexibility index (Phi) is 5.60. The van der Waals surface area contributed by atoms with E-state index in [1.807, 2.05) is 12.1 Å². The number of halogens is 1. The van der Waals surface area contributed by atoms with Gasteiger partial charge in [0.25, 0.3) is 0 Å². The van der Waals surface area contributed by atoms with Crippen molar-refractivity contribution in [2.75, 3.05) is 26.2 Å². The summed E-state index contributed by atoms with van der Waals surface area (Å²) >= 11 is 0. The Balaban J connectivity index is 1.25. The highest BCUT2D eigenvalue weighted by Gasteiger charge is 2.29. The number of hydrogen-bond acceptors (Lipinski definition) is 2. The smallest absolute Gasteiger partial charge is 0.123 e. The molecule has 0 saturated carbocycles. The lowest BCUT2D eigenvalue weighted by atomic mass is 9.94. The lowest BCUT2D eigenvalue weighted by Crippen LogP contribution is -2.39. The van der Waals surface area contributed by atoms with E-state index in [0.717, 1.165) is 19.0 Å². The van der Waals surface area contributed by atoms with E-state index in [1.54, 1.807) is 12.1 Å². The van der Waals surface area contributed by atoms with Gasteiger partial charge in [0.1, 0.15) is 5.82 Å². The highest BCUT2D eigenvalue weighted by atomic mass is 19.1. The number of nitrogens with zero attached hydrogens (tertiary/aromatic N) is 2. The van der Waals surface area contributed by atoms with Crippen LogP contribution in [0.25, 0.3) is 0 Å². The molecule has 144 valence electrons. The third-order valence-corrected chi connectivity index (χ3v) is 6.60. The van der Waals surface area contributed by atoms with Gasteiger partial charge in [0.15, 0.2) is 0 Å². The second-order valence-corrected chi connectivity index (χ2v) is 8.50. The first-order valence-corrected chi connectivity index (χ1v) is 10.4. The van der Waals surface area contributed by atoms with Crippen LogP contribution in [0.15, 0.2) is 48.5 Å². The van der Waals surface area contributed by atoms with Crippen LogP contribution in [0.1, 0.15) is 55.3 Å². The maximum atomic E-state index is 13.1. The topological polar surface area (TPSA) is 6.48 Å². The predicted molar refractivity (Wildman–Crippen MR) is 109 cm³/mol. The van der Waals surface area contributed by atoms with Crippen LogP contribution >= 0.6 is 0 Å². The van der Waals surface area contributed by atoms with Crippen molar-refractivity contribution in [2.24, 2.45) is 5.92 Å². The van der Waals surface area contributed by atoms with Crippen LogP contribution in [0.4, 0.5) is 4.39 Å². The molecule has 27 heavy (non-hydrogen) atoms. The average Bonchev–Trinajstić information content (AvgIpc) is 3.00. The van der Waals surface area contributed by atoms with Crippen LogP contribution in [-0.4, -0.2) is 36.0 Å². The normalized spacial score (nSPS) is 22.7. The zero-order chi connectivity index (χ0) is 18.8. The molecule has 2 aromatic carbocycles. The van der Waals surface area contributed by atoms with Crippen molar-refractivity contribution >= 4 is 0 Å². The van der Waals surface area contributed by atoms with E-state index < -0.39 is 0 Å². The maximum Gasteiger partial charge on any atom is 0.123 e. The molecule has 0 N–H and O–H groups in total. The first-order chi connectivity index (χ1) is 13.1. The number of fused-ring (bicyclic) bond motifs is 1. The Bertz CT molecular complexity index is 749. The van der Waals surface area contributed by atoms with Crippen LogP contribution in [0.5, 0.6) is 0 Å². The minimum Gasteiger partial charge on any atom is -0.303 e. The van der Waals surface area contributed by atoms with Crippen molar-refractivity contribution in [2.45, 2.75) is 45.2 Å². The third kappa shape index (κ3) is 4.25. The second-order valence-electron chi connectivity index (χ2n) is 8.50. The average molecular weight is 367 g/mol. The van der Waals surface area contributed by atoms with Gasteiger partial charge in [-0.05, 0) is 73.5 Å². The monoisotopic (exact) mass is 366 g/mol. The molecular weight excluding hydrogens is 335 g/mol. The van der Waals surface area contributed by atoms with Crippen LogP contribution in [0, 0.1) is 11.7 Å². The first kappa shape index (κ1) is 18.6. The van der Waals surface area contributed by atoms with E-state index in [2.05, 4.69) is 47.9 Å². The highest BCUT2D eigenvalue weighted by molar-refractivity contribution is 5.33. The van der Waals surface area contributed by atoms with Gasteiger partial charge < -0.3 is 4.90 Å². The van der Waals surface area contributed by atoms with Gasteiger partial charge >= 0.3 is 0 Å². The molecule has 2 heterocycles. The largest absolute Gasteiger partial charge is 0.303 e. The van der Waals surface area contributed by atoms with Crippen molar-refractivity contribution in [3.05, 3.63) is 71.0 Å². The SMILES string of the molecule is CC(CN1CCC(CN2Cc3ccccc3C2C)CC1)c1ccc(F)cc1. The summed E-state index contributed by atoms with van der Waals surface area (Å²) in [7, 11) is 0. The van der Waals surface area contributed by atoms with Crippen LogP contribution in [0.2, 0.25) is 0 Å². The van der Waals surface area contributed by atoms with Crippen molar-refractivity contribution in [1.82, 2.24) is 9.80 Å². The summed E-state index contributed by atoms with van der Waals surface area (Å²) in [6.45, 7) is 10.4. The summed E-state index contributed by atoms with van der Waals surface area (Å²) in [6, 6.07) is 16.5. The Morgan fingerprint density at radius 3 is 2.44 bits per heavy atom. The molecule has 0 amide bonds. The van der Waals surface area contributed by atoms with Gasteiger partial charge in [-0.25, -0.2) is 4.39 Å².